The van der Waals surface area contributed by atoms with Crippen molar-refractivity contribution >= 4 is 87.0 Å². The summed E-state index contributed by atoms with van der Waals surface area (Å²) in [5.74, 6) is -6.01. The number of nitrogens with zero attached hydrogens (tertiary/aromatic N) is 9. The molecule has 0 fully saturated rings. The van der Waals surface area contributed by atoms with Crippen molar-refractivity contribution in [2.24, 2.45) is 5.41 Å². The van der Waals surface area contributed by atoms with E-state index in [1.807, 2.05) is 0 Å². The lowest BCUT2D eigenvalue weighted by Crippen LogP contribution is -2.46. The number of halogens is 6. The number of aromatic nitrogens is 9. The van der Waals surface area contributed by atoms with Gasteiger partial charge in [-0.15, -0.1) is 0 Å². The summed E-state index contributed by atoms with van der Waals surface area (Å²) in [5.41, 5.74) is -2.68. The number of carbonyl (C=O) groups is 3. The first kappa shape index (κ1) is 24.4. The number of rotatable bonds is 6. The van der Waals surface area contributed by atoms with Crippen molar-refractivity contribution in [3.8, 4) is 0 Å². The summed E-state index contributed by atoms with van der Waals surface area (Å²) in [7, 11) is 0. The predicted molar refractivity (Wildman–Crippen MR) is 111 cm³/mol. The molecule has 0 atom stereocenters. The lowest BCUT2D eigenvalue weighted by Gasteiger charge is -2.22. The summed E-state index contributed by atoms with van der Waals surface area (Å²) in [6.07, 6.45) is 0. The van der Waals surface area contributed by atoms with E-state index in [-0.39, 0.29) is 0 Å². The molecule has 0 saturated heterocycles. The molecule has 3 aromatic rings. The highest BCUT2D eigenvalue weighted by atomic mass is 35.5. The average Bonchev–Trinajstić information content (AvgIpc) is 2.69. The summed E-state index contributed by atoms with van der Waals surface area (Å²) in [5, 5.41) is -2.87. The van der Waals surface area contributed by atoms with E-state index in [1.165, 1.54) is 0 Å². The van der Waals surface area contributed by atoms with Gasteiger partial charge in [0.1, 0.15) is 0 Å². The maximum absolute atomic E-state index is 13.4. The molecule has 0 aromatic carbocycles. The van der Waals surface area contributed by atoms with Crippen LogP contribution in [0.3, 0.4) is 0 Å². The van der Waals surface area contributed by atoms with E-state index in [4.69, 9.17) is 69.6 Å². The van der Waals surface area contributed by atoms with Crippen LogP contribution in [0.25, 0.3) is 0 Å². The van der Waals surface area contributed by atoms with Crippen LogP contribution < -0.4 is 0 Å². The molecule has 3 aromatic heterocycles. The van der Waals surface area contributed by atoms with Crippen molar-refractivity contribution in [3.05, 3.63) is 49.2 Å². The Morgan fingerprint density at radius 3 is 0.844 bits per heavy atom. The monoisotopic (exact) mass is 555 g/mol. The number of hydrogen-bond acceptors (Lipinski definition) is 12. The van der Waals surface area contributed by atoms with Crippen LogP contribution in [-0.4, -0.2) is 62.2 Å². The molecule has 32 heavy (non-hydrogen) atoms. The minimum atomic E-state index is -2.68. The standard InChI is InChI=1S/C14H3Cl6N9O3/c1-14(2(30)5-21-8(15)27-9(16)22-5,3(31)6-23-10(17)28-11(18)24-6)4(32)7-25-12(19)29-13(20)26-7/h1H3. The first-order chi connectivity index (χ1) is 14.9. The smallest absolute Gasteiger partial charge is 0.227 e. The lowest BCUT2D eigenvalue weighted by atomic mass is 9.76. The van der Waals surface area contributed by atoms with Crippen LogP contribution in [0.1, 0.15) is 38.8 Å². The van der Waals surface area contributed by atoms with Gasteiger partial charge in [0.25, 0.3) is 0 Å². The predicted octanol–water partition coefficient (Wildman–Crippen LogP) is 3.12. The molecule has 0 spiro atoms. The van der Waals surface area contributed by atoms with Crippen LogP contribution in [0.5, 0.6) is 0 Å². The first-order valence-electron chi connectivity index (χ1n) is 7.77. The Morgan fingerprint density at radius 1 is 0.469 bits per heavy atom. The molecule has 0 aliphatic heterocycles. The highest BCUT2D eigenvalue weighted by molar-refractivity contribution is 6.36. The van der Waals surface area contributed by atoms with E-state index in [2.05, 4.69) is 44.9 Å². The molecule has 0 unspecified atom stereocenters. The summed E-state index contributed by atoms with van der Waals surface area (Å²) < 4.78 is 0. The maximum atomic E-state index is 13.4. The van der Waals surface area contributed by atoms with Gasteiger partial charge in [0, 0.05) is 0 Å². The third kappa shape index (κ3) is 4.90. The van der Waals surface area contributed by atoms with Crippen LogP contribution in [0, 0.1) is 5.41 Å². The molecular formula is C14H3Cl6N9O3. The molecule has 0 aliphatic carbocycles. The van der Waals surface area contributed by atoms with Gasteiger partial charge >= 0.3 is 0 Å². The SMILES string of the molecule is CC(C(=O)c1nc(Cl)nc(Cl)n1)(C(=O)c1nc(Cl)nc(Cl)n1)C(=O)c1nc(Cl)nc(Cl)n1. The van der Waals surface area contributed by atoms with Crippen LogP contribution in [0.2, 0.25) is 31.7 Å². The Hall–Kier alpha value is -2.22. The van der Waals surface area contributed by atoms with Gasteiger partial charge in [-0.25, -0.2) is 0 Å². The summed E-state index contributed by atoms with van der Waals surface area (Å²) in [6.45, 7) is 0.919. The molecule has 18 heteroatoms. The quantitative estimate of drug-likeness (QED) is 0.321. The number of carbonyl (C=O) groups excluding carboxylic acids is 3. The van der Waals surface area contributed by atoms with Crippen LogP contribution in [0.15, 0.2) is 0 Å². The van der Waals surface area contributed by atoms with E-state index in [0.717, 1.165) is 6.92 Å². The van der Waals surface area contributed by atoms with Gasteiger partial charge in [-0.05, 0) is 76.5 Å². The Bertz CT molecular complexity index is 1080. The topological polar surface area (TPSA) is 167 Å². The Kier molecular flexibility index (Phi) is 7.12. The molecule has 3 rings (SSSR count). The molecule has 0 N–H and O–H groups in total. The third-order valence-electron chi connectivity index (χ3n) is 3.71. The molecule has 164 valence electrons. The van der Waals surface area contributed by atoms with Crippen molar-refractivity contribution in [3.63, 3.8) is 0 Å². The Morgan fingerprint density at radius 2 is 0.656 bits per heavy atom. The minimum absolute atomic E-state index is 0.479. The second-order valence-electron chi connectivity index (χ2n) is 5.70. The van der Waals surface area contributed by atoms with Crippen molar-refractivity contribution in [2.75, 3.05) is 0 Å². The van der Waals surface area contributed by atoms with Gasteiger partial charge in [-0.3, -0.25) is 14.4 Å². The second kappa shape index (κ2) is 9.33. The Balaban J connectivity index is 2.25. The van der Waals surface area contributed by atoms with Crippen molar-refractivity contribution in [2.45, 2.75) is 6.92 Å². The molecule has 0 aliphatic rings. The van der Waals surface area contributed by atoms with Crippen molar-refractivity contribution in [1.82, 2.24) is 44.9 Å². The largest absolute Gasteiger partial charge is 0.289 e. The second-order valence-corrected chi connectivity index (χ2v) is 7.73. The van der Waals surface area contributed by atoms with E-state index < -0.39 is 71.9 Å². The average molecular weight is 558 g/mol. The van der Waals surface area contributed by atoms with Crippen LogP contribution >= 0.6 is 69.6 Å². The lowest BCUT2D eigenvalue weighted by molar-refractivity contribution is 0.0597. The number of hydrogen-bond donors (Lipinski definition) is 0. The zero-order chi connectivity index (χ0) is 23.8. The number of ketones is 3. The highest BCUT2D eigenvalue weighted by Crippen LogP contribution is 2.31. The molecular weight excluding hydrogens is 555 g/mol. The number of Topliss-reactive ketones (excluding diaryl/α,β-unsaturated/α-hetero) is 3. The fourth-order valence-electron chi connectivity index (χ4n) is 2.26. The molecule has 3 heterocycles. The van der Waals surface area contributed by atoms with Crippen molar-refractivity contribution < 1.29 is 14.4 Å². The molecule has 0 bridgehead atoms. The molecule has 0 saturated carbocycles. The van der Waals surface area contributed by atoms with E-state index in [1.54, 1.807) is 0 Å². The fourth-order valence-corrected chi connectivity index (χ4v) is 3.35. The van der Waals surface area contributed by atoms with E-state index in [9.17, 15) is 14.4 Å². The third-order valence-corrected chi connectivity index (χ3v) is 4.73. The maximum Gasteiger partial charge on any atom is 0.227 e. The van der Waals surface area contributed by atoms with Crippen LogP contribution in [-0.2, 0) is 0 Å². The zero-order valence-electron chi connectivity index (χ0n) is 15.0. The van der Waals surface area contributed by atoms with Gasteiger partial charge in [-0.1, -0.05) is 0 Å². The van der Waals surface area contributed by atoms with Gasteiger partial charge in [0.2, 0.25) is 66.5 Å². The Labute approximate surface area is 207 Å². The van der Waals surface area contributed by atoms with Gasteiger partial charge in [0.05, 0.1) is 0 Å². The van der Waals surface area contributed by atoms with Gasteiger partial charge in [0.15, 0.2) is 5.41 Å². The van der Waals surface area contributed by atoms with Gasteiger partial charge in [-0.2, -0.15) is 44.9 Å². The summed E-state index contributed by atoms with van der Waals surface area (Å²) in [6, 6.07) is 0. The molecule has 0 radical (unpaired) electrons. The van der Waals surface area contributed by atoms with Crippen molar-refractivity contribution in [1.29, 1.82) is 0 Å². The minimum Gasteiger partial charge on any atom is -0.289 e. The first-order valence-corrected chi connectivity index (χ1v) is 10.0. The fraction of sp³-hybridized carbons (Fsp3) is 0.143. The van der Waals surface area contributed by atoms with Gasteiger partial charge < -0.3 is 0 Å². The van der Waals surface area contributed by atoms with Crippen LogP contribution in [0.4, 0.5) is 0 Å². The molecule has 0 amide bonds. The zero-order valence-corrected chi connectivity index (χ0v) is 19.6. The summed E-state index contributed by atoms with van der Waals surface area (Å²) in [4.78, 5) is 72.3. The normalized spacial score (nSPS) is 11.3. The summed E-state index contributed by atoms with van der Waals surface area (Å²) >= 11 is 34.3. The van der Waals surface area contributed by atoms with E-state index in [0.29, 0.717) is 0 Å². The highest BCUT2D eigenvalue weighted by Gasteiger charge is 2.53. The van der Waals surface area contributed by atoms with E-state index >= 15 is 0 Å². The molecule has 12 nitrogen and oxygen atoms in total.